The van der Waals surface area contributed by atoms with Gasteiger partial charge < -0.3 is 20.9 Å². The van der Waals surface area contributed by atoms with E-state index in [2.05, 4.69) is 126 Å². The maximum atomic E-state index is 8.31. The number of nitrogens with one attached hydrogen (secondary N) is 4. The molecule has 1 aliphatic heterocycles. The van der Waals surface area contributed by atoms with Crippen LogP contribution >= 0.6 is 0 Å². The molecule has 0 spiro atoms. The van der Waals surface area contributed by atoms with E-state index in [1.54, 1.807) is 12.3 Å². The molecule has 1 aliphatic rings. The zero-order valence-electron chi connectivity index (χ0n) is 25.7. The first kappa shape index (κ1) is 30.0. The van der Waals surface area contributed by atoms with Gasteiger partial charge in [-0.15, -0.1) is 0 Å². The van der Waals surface area contributed by atoms with Gasteiger partial charge >= 0.3 is 0 Å². The Labute approximate surface area is 270 Å². The van der Waals surface area contributed by atoms with Gasteiger partial charge in [-0.2, -0.15) is 0 Å². The topological polar surface area (TPSA) is 87.4 Å². The van der Waals surface area contributed by atoms with Crippen LogP contribution < -0.4 is 10.6 Å². The van der Waals surface area contributed by atoms with E-state index in [4.69, 9.17) is 15.8 Å². The second-order valence-electron chi connectivity index (χ2n) is 11.0. The lowest BCUT2D eigenvalue weighted by Crippen LogP contribution is -2.33. The van der Waals surface area contributed by atoms with Gasteiger partial charge in [0.15, 0.2) is 0 Å². The van der Waals surface area contributed by atoms with Crippen LogP contribution in [-0.4, -0.2) is 36.5 Å². The Morgan fingerprint density at radius 2 is 1.22 bits per heavy atom. The van der Waals surface area contributed by atoms with Crippen LogP contribution in [-0.2, 0) is 0 Å². The van der Waals surface area contributed by atoms with E-state index in [1.165, 1.54) is 22.9 Å². The predicted molar refractivity (Wildman–Crippen MR) is 191 cm³/mol. The van der Waals surface area contributed by atoms with Crippen molar-refractivity contribution < 1.29 is 0 Å². The monoisotopic (exact) mass is 600 g/mol. The third-order valence-electron chi connectivity index (χ3n) is 8.05. The zero-order chi connectivity index (χ0) is 31.7. The maximum absolute atomic E-state index is 8.31. The van der Waals surface area contributed by atoms with E-state index in [1.807, 2.05) is 36.4 Å². The van der Waals surface area contributed by atoms with Crippen molar-refractivity contribution in [1.29, 1.82) is 10.8 Å². The summed E-state index contributed by atoms with van der Waals surface area (Å²) in [5.41, 5.74) is 9.70. The molecule has 0 amide bonds. The molecule has 6 nitrogen and oxygen atoms in total. The molecule has 5 aromatic carbocycles. The third-order valence-corrected chi connectivity index (χ3v) is 8.05. The molecule has 226 valence electrons. The molecule has 0 saturated carbocycles. The molecule has 1 atom stereocenters. The molecule has 1 unspecified atom stereocenters. The van der Waals surface area contributed by atoms with Crippen molar-refractivity contribution >= 4 is 23.6 Å². The van der Waals surface area contributed by atoms with Gasteiger partial charge in [-0.1, -0.05) is 133 Å². The van der Waals surface area contributed by atoms with E-state index in [-0.39, 0.29) is 6.04 Å². The molecule has 0 fully saturated rings. The number of aliphatic imine (C=N–C) groups is 1. The number of allylic oxidation sites excluding steroid dienone is 1. The number of hydrogen-bond acceptors (Lipinski definition) is 5. The maximum Gasteiger partial charge on any atom is 0.137 e. The Kier molecular flexibility index (Phi) is 9.26. The quantitative estimate of drug-likeness (QED) is 0.0565. The molecule has 46 heavy (non-hydrogen) atoms. The Morgan fingerprint density at radius 1 is 0.696 bits per heavy atom. The van der Waals surface area contributed by atoms with Gasteiger partial charge in [0, 0.05) is 24.4 Å². The second-order valence-corrected chi connectivity index (χ2v) is 11.0. The first-order valence-corrected chi connectivity index (χ1v) is 15.3. The van der Waals surface area contributed by atoms with Crippen molar-refractivity contribution in [2.45, 2.75) is 6.04 Å². The van der Waals surface area contributed by atoms with Crippen molar-refractivity contribution in [3.05, 3.63) is 174 Å². The Morgan fingerprint density at radius 3 is 1.83 bits per heavy atom. The average Bonchev–Trinajstić information content (AvgIpc) is 3.12. The second kappa shape index (κ2) is 14.2. The summed E-state index contributed by atoms with van der Waals surface area (Å²) in [6.45, 7) is 0.411. The molecule has 1 heterocycles. The summed E-state index contributed by atoms with van der Waals surface area (Å²) in [5, 5.41) is 21.3. The summed E-state index contributed by atoms with van der Waals surface area (Å²) >= 11 is 0. The molecule has 0 bridgehead atoms. The molecule has 0 radical (unpaired) electrons. The highest BCUT2D eigenvalue weighted by molar-refractivity contribution is 6.03. The van der Waals surface area contributed by atoms with E-state index >= 15 is 0 Å². The normalized spacial score (nSPS) is 14.4. The van der Waals surface area contributed by atoms with Crippen molar-refractivity contribution in [3.8, 4) is 22.3 Å². The highest BCUT2D eigenvalue weighted by Crippen LogP contribution is 2.34. The fourth-order valence-electron chi connectivity index (χ4n) is 5.54. The minimum atomic E-state index is 0.00180. The largest absolute Gasteiger partial charge is 0.374 e. The van der Waals surface area contributed by atoms with E-state index < -0.39 is 0 Å². The van der Waals surface area contributed by atoms with Gasteiger partial charge in [-0.05, 0) is 51.7 Å². The van der Waals surface area contributed by atoms with E-state index in [9.17, 15) is 0 Å². The first-order valence-electron chi connectivity index (χ1n) is 15.3. The Bertz CT molecular complexity index is 1870. The van der Waals surface area contributed by atoms with Crippen LogP contribution in [0.5, 0.6) is 0 Å². The molecule has 0 aromatic heterocycles. The molecule has 4 N–H and O–H groups in total. The average molecular weight is 601 g/mol. The fourth-order valence-corrected chi connectivity index (χ4v) is 5.54. The predicted octanol–water partition coefficient (Wildman–Crippen LogP) is 8.12. The lowest BCUT2D eigenvalue weighted by atomic mass is 9.95. The van der Waals surface area contributed by atoms with Crippen LogP contribution in [0.15, 0.2) is 157 Å². The number of amidine groups is 2. The molecule has 0 saturated heterocycles. The van der Waals surface area contributed by atoms with E-state index in [0.717, 1.165) is 39.3 Å². The molecular formula is C40H36N6. The number of rotatable bonds is 10. The number of likely N-dealkylation sites (N-methyl/N-ethyl adjacent to an activating group) is 1. The zero-order valence-corrected chi connectivity index (χ0v) is 25.7. The lowest BCUT2D eigenvalue weighted by molar-refractivity contribution is 0.435. The van der Waals surface area contributed by atoms with Gasteiger partial charge in [0.2, 0.25) is 0 Å². The standard InChI is InChI=1S/C40H36N6/c1-46-38(34-21-15-31(16-22-34)32-17-23-35(24-18-32)39(42)44-28-43-26-8-25-41)27-37(45-40(46)36-11-6-3-7-12-36)33-19-13-30(14-20-33)29-9-4-2-5-10-29/h2-27,38,41,43H,28H2,1H3,(H2,42,44)/b26-8-,41-25?. The molecule has 6 rings (SSSR count). The highest BCUT2D eigenvalue weighted by atomic mass is 15.2. The summed E-state index contributed by atoms with van der Waals surface area (Å²) in [4.78, 5) is 7.41. The molecular weight excluding hydrogens is 564 g/mol. The van der Waals surface area contributed by atoms with Crippen LogP contribution in [0.2, 0.25) is 0 Å². The summed E-state index contributed by atoms with van der Waals surface area (Å²) in [6.07, 6.45) is 6.71. The van der Waals surface area contributed by atoms with Crippen molar-refractivity contribution in [2.24, 2.45) is 4.99 Å². The van der Waals surface area contributed by atoms with Crippen molar-refractivity contribution in [3.63, 3.8) is 0 Å². The van der Waals surface area contributed by atoms with Crippen LogP contribution in [0, 0.1) is 10.8 Å². The minimum absolute atomic E-state index is 0.00180. The minimum Gasteiger partial charge on any atom is -0.374 e. The summed E-state index contributed by atoms with van der Waals surface area (Å²) in [5.74, 6) is 1.28. The van der Waals surface area contributed by atoms with Crippen LogP contribution in [0.1, 0.15) is 28.3 Å². The van der Waals surface area contributed by atoms with Crippen LogP contribution in [0.25, 0.3) is 28.0 Å². The SMILES string of the molecule is CN1C(c2ccccc2)=NC(c2ccc(-c3ccccc3)cc2)=CC1c1ccc(-c2ccc(C(=N)NCN/C=C\C=N)cc2)cc1. The fraction of sp³-hybridized carbons (Fsp3) is 0.0750. The van der Waals surface area contributed by atoms with Crippen LogP contribution in [0.4, 0.5) is 0 Å². The molecule has 6 heteroatoms. The molecule has 5 aromatic rings. The highest BCUT2D eigenvalue weighted by Gasteiger charge is 2.25. The Balaban J connectivity index is 1.24. The smallest absolute Gasteiger partial charge is 0.137 e. The van der Waals surface area contributed by atoms with Gasteiger partial charge in [-0.3, -0.25) is 5.41 Å². The van der Waals surface area contributed by atoms with Gasteiger partial charge in [0.05, 0.1) is 18.4 Å². The van der Waals surface area contributed by atoms with Gasteiger partial charge in [-0.25, -0.2) is 4.99 Å². The van der Waals surface area contributed by atoms with Gasteiger partial charge in [0.25, 0.3) is 0 Å². The van der Waals surface area contributed by atoms with Gasteiger partial charge in [0.1, 0.15) is 11.7 Å². The van der Waals surface area contributed by atoms with Crippen LogP contribution in [0.3, 0.4) is 0 Å². The lowest BCUT2D eigenvalue weighted by Gasteiger charge is -2.33. The summed E-state index contributed by atoms with van der Waals surface area (Å²) in [7, 11) is 2.11. The molecule has 0 aliphatic carbocycles. The summed E-state index contributed by atoms with van der Waals surface area (Å²) < 4.78 is 0. The van der Waals surface area contributed by atoms with Crippen molar-refractivity contribution in [2.75, 3.05) is 13.7 Å². The number of benzene rings is 5. The Hall–Kier alpha value is -6.01. The van der Waals surface area contributed by atoms with E-state index in [0.29, 0.717) is 12.5 Å². The number of nitrogens with zero attached hydrogens (tertiary/aromatic N) is 2. The number of hydrogen-bond donors (Lipinski definition) is 4. The third kappa shape index (κ3) is 6.87. The van der Waals surface area contributed by atoms with Crippen molar-refractivity contribution in [1.82, 2.24) is 15.5 Å². The first-order chi connectivity index (χ1) is 22.6. The summed E-state index contributed by atoms with van der Waals surface area (Å²) in [6, 6.07) is 46.2.